The third kappa shape index (κ3) is 1.01. The van der Waals surface area contributed by atoms with E-state index in [-0.39, 0.29) is 0 Å². The van der Waals surface area contributed by atoms with Crippen molar-refractivity contribution < 1.29 is 0 Å². The van der Waals surface area contributed by atoms with Gasteiger partial charge in [-0.25, -0.2) is 0 Å². The van der Waals surface area contributed by atoms with E-state index in [4.69, 9.17) is 0 Å². The lowest BCUT2D eigenvalue weighted by atomic mass is 9.98. The fourth-order valence-electron chi connectivity index (χ4n) is 3.02. The van der Waals surface area contributed by atoms with E-state index in [1.54, 1.807) is 11.1 Å². The molecule has 1 aromatic carbocycles. The van der Waals surface area contributed by atoms with Crippen molar-refractivity contribution in [2.24, 2.45) is 0 Å². The summed E-state index contributed by atoms with van der Waals surface area (Å²) >= 11 is 0. The molecule has 0 fully saturated rings. The highest BCUT2D eigenvalue weighted by atomic mass is 14.9. The SMILES string of the molecule is CC1CC(C)c2cc3c(cc21)CCN3. The van der Waals surface area contributed by atoms with Crippen LogP contribution in [0.3, 0.4) is 0 Å². The molecule has 1 aliphatic heterocycles. The van der Waals surface area contributed by atoms with E-state index in [1.165, 1.54) is 24.1 Å². The van der Waals surface area contributed by atoms with Gasteiger partial charge in [0.15, 0.2) is 0 Å². The first kappa shape index (κ1) is 8.34. The molecule has 1 heterocycles. The summed E-state index contributed by atoms with van der Waals surface area (Å²) in [5, 5.41) is 3.47. The van der Waals surface area contributed by atoms with Gasteiger partial charge in [0.1, 0.15) is 0 Å². The minimum atomic E-state index is 0.757. The normalized spacial score (nSPS) is 28.4. The highest BCUT2D eigenvalue weighted by Gasteiger charge is 2.27. The van der Waals surface area contributed by atoms with Crippen LogP contribution in [0.1, 0.15) is 48.8 Å². The summed E-state index contributed by atoms with van der Waals surface area (Å²) in [6, 6.07) is 4.84. The fraction of sp³-hybridized carbons (Fsp3) is 0.538. The molecule has 74 valence electrons. The van der Waals surface area contributed by atoms with Gasteiger partial charge in [-0.15, -0.1) is 0 Å². The topological polar surface area (TPSA) is 12.0 Å². The number of rotatable bonds is 0. The van der Waals surface area contributed by atoms with Gasteiger partial charge in [-0.05, 0) is 47.4 Å². The summed E-state index contributed by atoms with van der Waals surface area (Å²) in [5.74, 6) is 1.53. The molecule has 3 rings (SSSR count). The third-order valence-corrected chi connectivity index (χ3v) is 3.79. The van der Waals surface area contributed by atoms with Crippen LogP contribution < -0.4 is 5.32 Å². The highest BCUT2D eigenvalue weighted by molar-refractivity contribution is 5.61. The van der Waals surface area contributed by atoms with E-state index in [9.17, 15) is 0 Å². The van der Waals surface area contributed by atoms with E-state index in [1.807, 2.05) is 0 Å². The molecule has 0 amide bonds. The van der Waals surface area contributed by atoms with Gasteiger partial charge in [-0.2, -0.15) is 0 Å². The Kier molecular flexibility index (Phi) is 1.64. The minimum Gasteiger partial charge on any atom is -0.384 e. The lowest BCUT2D eigenvalue weighted by Crippen LogP contribution is -1.92. The molecule has 14 heavy (non-hydrogen) atoms. The summed E-state index contributed by atoms with van der Waals surface area (Å²) in [6.07, 6.45) is 2.54. The Labute approximate surface area is 85.5 Å². The standard InChI is InChI=1S/C13H17N/c1-8-5-9(2)12-7-13-10(3-4-14-13)6-11(8)12/h6-9,14H,3-5H2,1-2H3. The zero-order valence-corrected chi connectivity index (χ0v) is 8.93. The van der Waals surface area contributed by atoms with Gasteiger partial charge < -0.3 is 5.32 Å². The summed E-state index contributed by atoms with van der Waals surface area (Å²) < 4.78 is 0. The molecule has 1 nitrogen and oxygen atoms in total. The molecule has 0 aromatic heterocycles. The second-order valence-electron chi connectivity index (χ2n) is 4.85. The van der Waals surface area contributed by atoms with Crippen molar-refractivity contribution in [1.82, 2.24) is 0 Å². The average Bonchev–Trinajstić information content (AvgIpc) is 2.70. The van der Waals surface area contributed by atoms with E-state index in [0.717, 1.165) is 18.4 Å². The van der Waals surface area contributed by atoms with Gasteiger partial charge in [0.25, 0.3) is 0 Å². The quantitative estimate of drug-likeness (QED) is 0.657. The molecule has 2 aliphatic rings. The molecule has 2 atom stereocenters. The average molecular weight is 187 g/mol. The van der Waals surface area contributed by atoms with Crippen molar-refractivity contribution in [3.05, 3.63) is 28.8 Å². The van der Waals surface area contributed by atoms with Crippen LogP contribution in [0.25, 0.3) is 0 Å². The van der Waals surface area contributed by atoms with Gasteiger partial charge >= 0.3 is 0 Å². The number of anilines is 1. The number of nitrogens with one attached hydrogen (secondary N) is 1. The van der Waals surface area contributed by atoms with Crippen LogP contribution in [0.5, 0.6) is 0 Å². The van der Waals surface area contributed by atoms with Crippen molar-refractivity contribution in [1.29, 1.82) is 0 Å². The molecule has 1 heteroatoms. The molecule has 0 bridgehead atoms. The van der Waals surface area contributed by atoms with Crippen LogP contribution in [0.15, 0.2) is 12.1 Å². The van der Waals surface area contributed by atoms with Gasteiger partial charge in [0.05, 0.1) is 0 Å². The first-order valence-electron chi connectivity index (χ1n) is 5.66. The molecule has 1 aromatic rings. The Hall–Kier alpha value is -0.980. The molecule has 1 N–H and O–H groups in total. The molecule has 0 saturated heterocycles. The molecular formula is C13H17N. The Morgan fingerprint density at radius 2 is 1.86 bits per heavy atom. The van der Waals surface area contributed by atoms with Crippen LogP contribution >= 0.6 is 0 Å². The van der Waals surface area contributed by atoms with Crippen LogP contribution in [-0.2, 0) is 6.42 Å². The van der Waals surface area contributed by atoms with Gasteiger partial charge in [-0.3, -0.25) is 0 Å². The van der Waals surface area contributed by atoms with Crippen molar-refractivity contribution >= 4 is 5.69 Å². The molecule has 0 spiro atoms. The second-order valence-corrected chi connectivity index (χ2v) is 4.85. The molecule has 0 radical (unpaired) electrons. The van der Waals surface area contributed by atoms with Crippen LogP contribution in [0.2, 0.25) is 0 Å². The van der Waals surface area contributed by atoms with Crippen molar-refractivity contribution in [2.45, 2.75) is 38.5 Å². The maximum Gasteiger partial charge on any atom is 0.0376 e. The summed E-state index contributed by atoms with van der Waals surface area (Å²) in [6.45, 7) is 5.84. The van der Waals surface area contributed by atoms with E-state index in [0.29, 0.717) is 0 Å². The van der Waals surface area contributed by atoms with Crippen molar-refractivity contribution in [2.75, 3.05) is 11.9 Å². The number of fused-ring (bicyclic) bond motifs is 2. The summed E-state index contributed by atoms with van der Waals surface area (Å²) in [4.78, 5) is 0. The van der Waals surface area contributed by atoms with Crippen LogP contribution in [-0.4, -0.2) is 6.54 Å². The zero-order valence-electron chi connectivity index (χ0n) is 8.93. The summed E-state index contributed by atoms with van der Waals surface area (Å²) in [5.41, 5.74) is 6.12. The molecule has 0 saturated carbocycles. The van der Waals surface area contributed by atoms with Crippen LogP contribution in [0, 0.1) is 0 Å². The second kappa shape index (κ2) is 2.75. The monoisotopic (exact) mass is 187 g/mol. The Bertz CT molecular complexity index is 346. The Balaban J connectivity index is 2.17. The maximum absolute atomic E-state index is 3.47. The largest absolute Gasteiger partial charge is 0.384 e. The number of hydrogen-bond acceptors (Lipinski definition) is 1. The predicted octanol–water partition coefficient (Wildman–Crippen LogP) is 3.27. The lowest BCUT2D eigenvalue weighted by Gasteiger charge is -2.08. The van der Waals surface area contributed by atoms with Crippen molar-refractivity contribution in [3.63, 3.8) is 0 Å². The highest BCUT2D eigenvalue weighted by Crippen LogP contribution is 2.44. The molecule has 2 unspecified atom stereocenters. The van der Waals surface area contributed by atoms with Gasteiger partial charge in [0, 0.05) is 12.2 Å². The van der Waals surface area contributed by atoms with E-state index in [2.05, 4.69) is 31.3 Å². The molecular weight excluding hydrogens is 170 g/mol. The first-order valence-corrected chi connectivity index (χ1v) is 5.66. The fourth-order valence-corrected chi connectivity index (χ4v) is 3.02. The smallest absolute Gasteiger partial charge is 0.0376 e. The third-order valence-electron chi connectivity index (χ3n) is 3.79. The van der Waals surface area contributed by atoms with Gasteiger partial charge in [-0.1, -0.05) is 19.9 Å². The zero-order chi connectivity index (χ0) is 9.71. The van der Waals surface area contributed by atoms with Crippen LogP contribution in [0.4, 0.5) is 5.69 Å². The molecule has 1 aliphatic carbocycles. The Morgan fingerprint density at radius 3 is 2.64 bits per heavy atom. The first-order chi connectivity index (χ1) is 6.75. The van der Waals surface area contributed by atoms with E-state index >= 15 is 0 Å². The number of hydrogen-bond donors (Lipinski definition) is 1. The lowest BCUT2D eigenvalue weighted by molar-refractivity contribution is 0.661. The van der Waals surface area contributed by atoms with Crippen molar-refractivity contribution in [3.8, 4) is 0 Å². The predicted molar refractivity (Wildman–Crippen MR) is 60.1 cm³/mol. The maximum atomic E-state index is 3.47. The minimum absolute atomic E-state index is 0.757. The van der Waals surface area contributed by atoms with E-state index < -0.39 is 0 Å². The number of benzene rings is 1. The van der Waals surface area contributed by atoms with Gasteiger partial charge in [0.2, 0.25) is 0 Å². The summed E-state index contributed by atoms with van der Waals surface area (Å²) in [7, 11) is 0. The Morgan fingerprint density at radius 1 is 1.14 bits per heavy atom.